The van der Waals surface area contributed by atoms with Crippen molar-refractivity contribution in [2.75, 3.05) is 9.80 Å². The lowest BCUT2D eigenvalue weighted by Crippen LogP contribution is -2.15. The average Bonchev–Trinajstić information content (AvgIpc) is 0.783. The molecule has 0 aliphatic carbocycles. The SMILES string of the molecule is O=S(=O)(c1ccc(Br)cc1)c1ccc(S(=O)(=O)c2ccc(Br)cc2)cc1.O=S(=O)(c1ccc(N2c3ccccc3Sc3ccccc32)cc1)c1ccc(S(=O)(=O)c2ccc(N3c4ccccc4Sc4ccccc43)cc2)cc1.c1ccc2c(c1)Cc1ccccc1S2. The number of anilines is 6. The van der Waals surface area contributed by atoms with Crippen molar-refractivity contribution in [1.82, 2.24) is 0 Å². The number of hydrogen-bond acceptors (Lipinski definition) is 13. The Hall–Kier alpha value is -7.95. The average molecular weight is 1470 g/mol. The highest BCUT2D eigenvalue weighted by Crippen LogP contribution is 2.53. The van der Waals surface area contributed by atoms with Gasteiger partial charge in [-0.3, -0.25) is 0 Å². The molecule has 0 spiro atoms. The summed E-state index contributed by atoms with van der Waals surface area (Å²) in [5, 5.41) is 0. The van der Waals surface area contributed by atoms with Gasteiger partial charge in [0.15, 0.2) is 0 Å². The van der Waals surface area contributed by atoms with E-state index in [1.54, 1.807) is 96.3 Å². The van der Waals surface area contributed by atoms with E-state index in [1.807, 2.05) is 60.3 Å². The standard InChI is InChI=1S/C42H28N2O4S4.C18H12Br2O4S2.C13H10S/c45-51(46,31-21-17-29(18-22-31)43-35-9-1-5-13-39(35)49-40-14-6-2-10-36(40)43)33-25-27-34(28-26-33)52(47,48)32-23-19-30(20-24-32)44-37-11-3-7-15-41(37)50-42-16-8-4-12-38(42)44;19-13-1-5-15(6-2-13)25(21,22)17-9-11-18(12-10-17)26(23,24)16-7-3-14(20)4-8-16;1-3-7-12-10(5-1)9-11-6-2-4-8-13(11)14-12/h1-28H;1-12H;1-8H,9H2. The Morgan fingerprint density at radius 2 is 0.435 bits per heavy atom. The molecule has 0 atom stereocenters. The molecule has 3 aliphatic heterocycles. The van der Waals surface area contributed by atoms with Crippen LogP contribution >= 0.6 is 67.1 Å². The van der Waals surface area contributed by atoms with Crippen LogP contribution in [0.2, 0.25) is 0 Å². The summed E-state index contributed by atoms with van der Waals surface area (Å²) >= 11 is 11.8. The monoisotopic (exact) mass is 1460 g/mol. The maximum atomic E-state index is 13.7. The minimum Gasteiger partial charge on any atom is -0.308 e. The first-order chi connectivity index (χ1) is 44.4. The van der Waals surface area contributed by atoms with Gasteiger partial charge in [0.2, 0.25) is 39.3 Å². The number of fused-ring (bicyclic) bond motifs is 6. The normalized spacial score (nSPS) is 13.0. The van der Waals surface area contributed by atoms with E-state index in [0.29, 0.717) is 0 Å². The maximum absolute atomic E-state index is 13.7. The third kappa shape index (κ3) is 12.7. The molecule has 15 rings (SSSR count). The van der Waals surface area contributed by atoms with E-state index in [0.717, 1.165) is 69.1 Å². The van der Waals surface area contributed by atoms with Gasteiger partial charge in [-0.15, -0.1) is 0 Å². The number of sulfone groups is 4. The van der Waals surface area contributed by atoms with Crippen molar-refractivity contribution in [2.45, 2.75) is 75.0 Å². The first-order valence-corrected chi connectivity index (χ1v) is 38.5. The molecule has 92 heavy (non-hydrogen) atoms. The van der Waals surface area contributed by atoms with Gasteiger partial charge in [-0.05, 0) is 224 Å². The third-order valence-electron chi connectivity index (χ3n) is 15.4. The molecule has 0 saturated carbocycles. The predicted octanol–water partition coefficient (Wildman–Crippen LogP) is 19.8. The predicted molar refractivity (Wildman–Crippen MR) is 373 cm³/mol. The fourth-order valence-electron chi connectivity index (χ4n) is 10.7. The highest BCUT2D eigenvalue weighted by atomic mass is 79.9. The van der Waals surface area contributed by atoms with Crippen LogP contribution in [0.15, 0.2) is 369 Å². The minimum absolute atomic E-state index is 0.0138. The summed E-state index contributed by atoms with van der Waals surface area (Å²) in [6, 6.07) is 86.6. The molecule has 3 aliphatic rings. The van der Waals surface area contributed by atoms with Crippen LogP contribution in [0.1, 0.15) is 11.1 Å². The van der Waals surface area contributed by atoms with Crippen LogP contribution in [0.4, 0.5) is 34.1 Å². The lowest BCUT2D eigenvalue weighted by Gasteiger charge is -2.32. The fraction of sp³-hybridized carbons (Fsp3) is 0.0137. The van der Waals surface area contributed by atoms with Crippen LogP contribution in [-0.2, 0) is 45.8 Å². The summed E-state index contributed by atoms with van der Waals surface area (Å²) in [5.41, 5.74) is 8.67. The van der Waals surface area contributed by atoms with Gasteiger partial charge in [-0.2, -0.15) is 0 Å². The van der Waals surface area contributed by atoms with Gasteiger partial charge in [-0.1, -0.05) is 152 Å². The summed E-state index contributed by atoms with van der Waals surface area (Å²) in [5.74, 6) is 0. The Morgan fingerprint density at radius 3 is 0.696 bits per heavy atom. The molecule has 0 bridgehead atoms. The summed E-state index contributed by atoms with van der Waals surface area (Å²) in [7, 11) is -15.3. The number of nitrogens with zero attached hydrogens (tertiary/aromatic N) is 2. The maximum Gasteiger partial charge on any atom is 0.206 e. The summed E-state index contributed by atoms with van der Waals surface area (Å²) in [6.07, 6.45) is 1.08. The second-order valence-electron chi connectivity index (χ2n) is 21.1. The van der Waals surface area contributed by atoms with Crippen molar-refractivity contribution in [2.24, 2.45) is 0 Å². The molecule has 0 fully saturated rings. The van der Waals surface area contributed by atoms with E-state index in [2.05, 4.69) is 139 Å². The molecule has 0 aromatic heterocycles. The first-order valence-electron chi connectivity index (χ1n) is 28.5. The van der Waals surface area contributed by atoms with Gasteiger partial charge in [-0.25, -0.2) is 33.7 Å². The van der Waals surface area contributed by atoms with Gasteiger partial charge in [0, 0.05) is 49.7 Å². The molecule has 10 nitrogen and oxygen atoms in total. The molecule has 3 heterocycles. The fourth-order valence-corrected chi connectivity index (χ4v) is 19.5. The number of rotatable bonds is 10. The molecule has 12 aromatic rings. The second-order valence-corrected chi connectivity index (χ2v) is 34.0. The Balaban J connectivity index is 0.000000158. The smallest absolute Gasteiger partial charge is 0.206 e. The third-order valence-corrected chi connectivity index (χ3v) is 27.1. The molecule has 12 aromatic carbocycles. The van der Waals surface area contributed by atoms with E-state index < -0.39 is 39.3 Å². The van der Waals surface area contributed by atoms with Crippen LogP contribution in [0.5, 0.6) is 0 Å². The van der Waals surface area contributed by atoms with E-state index in [-0.39, 0.29) is 39.2 Å². The Labute approximate surface area is 565 Å². The van der Waals surface area contributed by atoms with Crippen LogP contribution in [0, 0.1) is 0 Å². The summed E-state index contributed by atoms with van der Waals surface area (Å²) in [6.45, 7) is 0. The molecular weight excluding hydrogens is 1420 g/mol. The van der Waals surface area contributed by atoms with Crippen LogP contribution in [0.25, 0.3) is 0 Å². The van der Waals surface area contributed by atoms with Crippen molar-refractivity contribution in [3.05, 3.63) is 311 Å². The van der Waals surface area contributed by atoms with Gasteiger partial charge in [0.25, 0.3) is 0 Å². The topological polar surface area (TPSA) is 143 Å². The van der Waals surface area contributed by atoms with Crippen molar-refractivity contribution >= 4 is 141 Å². The van der Waals surface area contributed by atoms with Crippen molar-refractivity contribution in [1.29, 1.82) is 0 Å². The van der Waals surface area contributed by atoms with Gasteiger partial charge in [0.1, 0.15) is 0 Å². The van der Waals surface area contributed by atoms with E-state index >= 15 is 0 Å². The van der Waals surface area contributed by atoms with Gasteiger partial charge < -0.3 is 9.80 Å². The lowest BCUT2D eigenvalue weighted by atomic mass is 10.0. The molecule has 0 saturated heterocycles. The molecule has 456 valence electrons. The molecular formula is C73H50Br2N2O8S7. The summed E-state index contributed by atoms with van der Waals surface area (Å²) < 4.78 is 107. The quantitative estimate of drug-likeness (QED) is 0.128. The van der Waals surface area contributed by atoms with E-state index in [1.165, 1.54) is 93.7 Å². The molecule has 0 N–H and O–H groups in total. The number of benzene rings is 12. The Morgan fingerprint density at radius 1 is 0.239 bits per heavy atom. The van der Waals surface area contributed by atoms with Gasteiger partial charge >= 0.3 is 0 Å². The zero-order valence-electron chi connectivity index (χ0n) is 48.2. The van der Waals surface area contributed by atoms with Crippen LogP contribution in [0.3, 0.4) is 0 Å². The van der Waals surface area contributed by atoms with Crippen molar-refractivity contribution in [3.63, 3.8) is 0 Å². The second kappa shape index (κ2) is 26.2. The number of hydrogen-bond donors (Lipinski definition) is 0. The number of halogens is 2. The first kappa shape index (κ1) is 62.8. The van der Waals surface area contributed by atoms with E-state index in [9.17, 15) is 33.7 Å². The highest BCUT2D eigenvalue weighted by Gasteiger charge is 2.29. The van der Waals surface area contributed by atoms with Crippen LogP contribution < -0.4 is 9.80 Å². The zero-order valence-corrected chi connectivity index (χ0v) is 57.1. The summed E-state index contributed by atoms with van der Waals surface area (Å²) in [4.78, 5) is 12.2. The molecule has 0 radical (unpaired) electrons. The van der Waals surface area contributed by atoms with E-state index in [4.69, 9.17) is 0 Å². The zero-order chi connectivity index (χ0) is 63.8. The van der Waals surface area contributed by atoms with Crippen molar-refractivity contribution in [3.8, 4) is 0 Å². The van der Waals surface area contributed by atoms with Crippen LogP contribution in [-0.4, -0.2) is 33.7 Å². The molecule has 0 amide bonds. The lowest BCUT2D eigenvalue weighted by molar-refractivity contribution is 0.592. The minimum atomic E-state index is -3.93. The largest absolute Gasteiger partial charge is 0.308 e. The Bertz CT molecular complexity index is 4780. The molecule has 0 unspecified atom stereocenters. The highest BCUT2D eigenvalue weighted by molar-refractivity contribution is 9.10. The number of para-hydroxylation sites is 4. The van der Waals surface area contributed by atoms with Gasteiger partial charge in [0.05, 0.1) is 61.9 Å². The Kier molecular flexibility index (Phi) is 17.9. The van der Waals surface area contributed by atoms with Crippen molar-refractivity contribution < 1.29 is 33.7 Å². The molecule has 19 heteroatoms.